The molecule has 0 amide bonds. The van der Waals surface area contributed by atoms with E-state index in [-0.39, 0.29) is 11.5 Å². The summed E-state index contributed by atoms with van der Waals surface area (Å²) in [6, 6.07) is 8.08. The lowest BCUT2D eigenvalue weighted by atomic mass is 9.86. The fraction of sp³-hybridized carbons (Fsp3) is 0.417. The molecule has 2 rings (SSSR count). The molecule has 72 valence electrons. The van der Waals surface area contributed by atoms with Crippen molar-refractivity contribution < 1.29 is 0 Å². The van der Waals surface area contributed by atoms with Gasteiger partial charge in [-0.05, 0) is 35.1 Å². The monoisotopic (exact) mass is 186 g/mol. The Balaban J connectivity index is 2.59. The summed E-state index contributed by atoms with van der Waals surface area (Å²) >= 11 is 0. The van der Waals surface area contributed by atoms with E-state index in [1.165, 1.54) is 5.56 Å². The van der Waals surface area contributed by atoms with Crippen LogP contribution in [-0.2, 0) is 5.41 Å². The largest absolute Gasteiger partial charge is 0.324 e. The first-order chi connectivity index (χ1) is 6.54. The van der Waals surface area contributed by atoms with Crippen molar-refractivity contribution >= 4 is 0 Å². The number of nitrogens with zero attached hydrogens (tertiary/aromatic N) is 1. The van der Waals surface area contributed by atoms with Gasteiger partial charge in [-0.1, -0.05) is 19.9 Å². The third-order valence-corrected chi connectivity index (χ3v) is 3.04. The fourth-order valence-corrected chi connectivity index (χ4v) is 2.33. The molecule has 0 aliphatic heterocycles. The summed E-state index contributed by atoms with van der Waals surface area (Å²) in [5.74, 6) is 0. The maximum absolute atomic E-state index is 8.79. The third-order valence-electron chi connectivity index (χ3n) is 3.04. The maximum atomic E-state index is 8.79. The average Bonchev–Trinajstić information content (AvgIpc) is 2.37. The van der Waals surface area contributed by atoms with E-state index in [2.05, 4.69) is 19.9 Å². The second-order valence-electron chi connectivity index (χ2n) is 4.61. The lowest BCUT2D eigenvalue weighted by Gasteiger charge is -2.18. The van der Waals surface area contributed by atoms with Crippen LogP contribution < -0.4 is 5.73 Å². The van der Waals surface area contributed by atoms with Crippen molar-refractivity contribution in [2.24, 2.45) is 5.73 Å². The van der Waals surface area contributed by atoms with Crippen LogP contribution in [0.5, 0.6) is 0 Å². The van der Waals surface area contributed by atoms with Gasteiger partial charge in [-0.3, -0.25) is 0 Å². The lowest BCUT2D eigenvalue weighted by Crippen LogP contribution is -2.14. The van der Waals surface area contributed by atoms with Crippen LogP contribution in [0.15, 0.2) is 18.2 Å². The van der Waals surface area contributed by atoms with Crippen LogP contribution in [0.4, 0.5) is 0 Å². The molecule has 0 saturated heterocycles. The highest BCUT2D eigenvalue weighted by Gasteiger charge is 2.34. The molecule has 0 radical (unpaired) electrons. The van der Waals surface area contributed by atoms with Crippen LogP contribution in [0.2, 0.25) is 0 Å². The summed E-state index contributed by atoms with van der Waals surface area (Å²) in [6.07, 6.45) is 0.969. The van der Waals surface area contributed by atoms with Crippen molar-refractivity contribution in [2.75, 3.05) is 0 Å². The first-order valence-electron chi connectivity index (χ1n) is 4.85. The van der Waals surface area contributed by atoms with Crippen molar-refractivity contribution in [1.29, 1.82) is 5.26 Å². The minimum atomic E-state index is 0.0910. The first-order valence-corrected chi connectivity index (χ1v) is 4.85. The molecular formula is C12H14N2. The minimum Gasteiger partial charge on any atom is -0.324 e. The van der Waals surface area contributed by atoms with Crippen molar-refractivity contribution in [2.45, 2.75) is 31.7 Å². The number of hydrogen-bond donors (Lipinski definition) is 1. The Bertz CT molecular complexity index is 413. The van der Waals surface area contributed by atoms with E-state index in [0.717, 1.165) is 12.0 Å². The molecule has 1 atom stereocenters. The first kappa shape index (κ1) is 9.23. The number of fused-ring (bicyclic) bond motifs is 1. The molecule has 0 heterocycles. The van der Waals surface area contributed by atoms with Gasteiger partial charge in [0.15, 0.2) is 0 Å². The molecule has 14 heavy (non-hydrogen) atoms. The molecule has 2 heteroatoms. The predicted octanol–water partition coefficient (Wildman–Crippen LogP) is 2.24. The zero-order valence-corrected chi connectivity index (χ0v) is 8.54. The molecule has 1 aromatic carbocycles. The normalized spacial score (nSPS) is 22.9. The highest BCUT2D eigenvalue weighted by Crippen LogP contribution is 2.43. The Morgan fingerprint density at radius 3 is 2.86 bits per heavy atom. The Morgan fingerprint density at radius 1 is 1.50 bits per heavy atom. The molecule has 0 saturated carbocycles. The molecular weight excluding hydrogens is 172 g/mol. The predicted molar refractivity (Wildman–Crippen MR) is 55.7 cm³/mol. The summed E-state index contributed by atoms with van der Waals surface area (Å²) in [5, 5.41) is 8.79. The Kier molecular flexibility index (Phi) is 1.87. The molecule has 1 aliphatic rings. The summed E-state index contributed by atoms with van der Waals surface area (Å²) in [5.41, 5.74) is 9.34. The highest BCUT2D eigenvalue weighted by atomic mass is 14.7. The topological polar surface area (TPSA) is 49.8 Å². The van der Waals surface area contributed by atoms with Crippen LogP contribution in [-0.4, -0.2) is 0 Å². The second kappa shape index (κ2) is 2.83. The van der Waals surface area contributed by atoms with Gasteiger partial charge in [0.2, 0.25) is 0 Å². The zero-order chi connectivity index (χ0) is 10.3. The Morgan fingerprint density at radius 2 is 2.21 bits per heavy atom. The molecule has 0 fully saturated rings. The number of nitrogens with two attached hydrogens (primary N) is 1. The molecule has 2 nitrogen and oxygen atoms in total. The minimum absolute atomic E-state index is 0.0910. The molecule has 0 bridgehead atoms. The maximum Gasteiger partial charge on any atom is 0.0991 e. The van der Waals surface area contributed by atoms with Crippen LogP contribution >= 0.6 is 0 Å². The van der Waals surface area contributed by atoms with E-state index in [1.54, 1.807) is 0 Å². The van der Waals surface area contributed by atoms with E-state index in [4.69, 9.17) is 11.0 Å². The standard InChI is InChI=1S/C12H14N2/c1-12(2)6-11(14)9-5-8(7-13)3-4-10(9)12/h3-5,11H,6,14H2,1-2H3. The lowest BCUT2D eigenvalue weighted by molar-refractivity contribution is 0.481. The van der Waals surface area contributed by atoms with E-state index < -0.39 is 0 Å². The summed E-state index contributed by atoms with van der Waals surface area (Å²) in [4.78, 5) is 0. The summed E-state index contributed by atoms with van der Waals surface area (Å²) in [6.45, 7) is 4.40. The van der Waals surface area contributed by atoms with Gasteiger partial charge in [0.1, 0.15) is 0 Å². The van der Waals surface area contributed by atoms with E-state index in [0.29, 0.717) is 5.56 Å². The van der Waals surface area contributed by atoms with Gasteiger partial charge >= 0.3 is 0 Å². The SMILES string of the molecule is CC1(C)CC(N)c2cc(C#N)ccc21. The van der Waals surface area contributed by atoms with Gasteiger partial charge in [0.05, 0.1) is 11.6 Å². The third kappa shape index (κ3) is 1.21. The Labute approximate surface area is 84.3 Å². The van der Waals surface area contributed by atoms with Crippen molar-refractivity contribution in [3.05, 3.63) is 34.9 Å². The zero-order valence-electron chi connectivity index (χ0n) is 8.54. The molecule has 1 aliphatic carbocycles. The summed E-state index contributed by atoms with van der Waals surface area (Å²) < 4.78 is 0. The average molecular weight is 186 g/mol. The molecule has 2 N–H and O–H groups in total. The number of rotatable bonds is 0. The van der Waals surface area contributed by atoms with E-state index in [9.17, 15) is 0 Å². The molecule has 0 aromatic heterocycles. The summed E-state index contributed by atoms with van der Waals surface area (Å²) in [7, 11) is 0. The quantitative estimate of drug-likeness (QED) is 0.675. The van der Waals surface area contributed by atoms with Crippen molar-refractivity contribution in [3.8, 4) is 6.07 Å². The van der Waals surface area contributed by atoms with Crippen molar-refractivity contribution in [3.63, 3.8) is 0 Å². The highest BCUT2D eigenvalue weighted by molar-refractivity contribution is 5.46. The molecule has 1 unspecified atom stereocenters. The van der Waals surface area contributed by atoms with Gasteiger partial charge in [-0.15, -0.1) is 0 Å². The molecule has 0 spiro atoms. The van der Waals surface area contributed by atoms with Crippen LogP contribution in [0, 0.1) is 11.3 Å². The Hall–Kier alpha value is -1.33. The van der Waals surface area contributed by atoms with Gasteiger partial charge in [0.25, 0.3) is 0 Å². The van der Waals surface area contributed by atoms with Gasteiger partial charge in [0, 0.05) is 6.04 Å². The number of benzene rings is 1. The van der Waals surface area contributed by atoms with Crippen LogP contribution in [0.25, 0.3) is 0 Å². The van der Waals surface area contributed by atoms with Crippen LogP contribution in [0.3, 0.4) is 0 Å². The fourth-order valence-electron chi connectivity index (χ4n) is 2.33. The van der Waals surface area contributed by atoms with Gasteiger partial charge in [-0.2, -0.15) is 5.26 Å². The van der Waals surface area contributed by atoms with Gasteiger partial charge < -0.3 is 5.73 Å². The van der Waals surface area contributed by atoms with Gasteiger partial charge in [-0.25, -0.2) is 0 Å². The van der Waals surface area contributed by atoms with Crippen LogP contribution in [0.1, 0.15) is 43.0 Å². The smallest absolute Gasteiger partial charge is 0.0991 e. The number of hydrogen-bond acceptors (Lipinski definition) is 2. The molecule has 1 aromatic rings. The van der Waals surface area contributed by atoms with E-state index >= 15 is 0 Å². The number of nitriles is 1. The second-order valence-corrected chi connectivity index (χ2v) is 4.61. The van der Waals surface area contributed by atoms with Crippen molar-refractivity contribution in [1.82, 2.24) is 0 Å². The van der Waals surface area contributed by atoms with E-state index in [1.807, 2.05) is 18.2 Å².